The molecular formula is C10H11BrO. The third-order valence-corrected chi connectivity index (χ3v) is 3.09. The van der Waals surface area contributed by atoms with Crippen LogP contribution in [-0.4, -0.2) is 5.11 Å². The maximum atomic E-state index is 9.70. The van der Waals surface area contributed by atoms with Crippen LogP contribution >= 0.6 is 15.9 Å². The van der Waals surface area contributed by atoms with Gasteiger partial charge in [0.2, 0.25) is 0 Å². The Labute approximate surface area is 80.5 Å². The summed E-state index contributed by atoms with van der Waals surface area (Å²) in [6.07, 6.45) is 4.61. The van der Waals surface area contributed by atoms with Crippen LogP contribution in [0.1, 0.15) is 24.0 Å². The van der Waals surface area contributed by atoms with Crippen molar-refractivity contribution in [3.05, 3.63) is 27.7 Å². The molecule has 1 aromatic rings. The van der Waals surface area contributed by atoms with Gasteiger partial charge in [0.15, 0.2) is 0 Å². The number of benzene rings is 1. The first-order valence-corrected chi connectivity index (χ1v) is 5.07. The van der Waals surface area contributed by atoms with Crippen molar-refractivity contribution in [1.29, 1.82) is 0 Å². The highest BCUT2D eigenvalue weighted by molar-refractivity contribution is 9.10. The number of aryl methyl sites for hydroxylation is 1. The van der Waals surface area contributed by atoms with Crippen LogP contribution in [0.2, 0.25) is 0 Å². The molecule has 1 aliphatic carbocycles. The first kappa shape index (κ1) is 8.11. The lowest BCUT2D eigenvalue weighted by Gasteiger charge is -2.17. The second-order valence-electron chi connectivity index (χ2n) is 3.24. The smallest absolute Gasteiger partial charge is 0.133 e. The maximum Gasteiger partial charge on any atom is 0.133 e. The lowest BCUT2D eigenvalue weighted by molar-refractivity contribution is 0.458. The first-order valence-electron chi connectivity index (χ1n) is 4.28. The van der Waals surface area contributed by atoms with Crippen LogP contribution in [-0.2, 0) is 12.8 Å². The van der Waals surface area contributed by atoms with E-state index >= 15 is 0 Å². The molecule has 1 aromatic carbocycles. The zero-order chi connectivity index (χ0) is 8.55. The molecule has 2 rings (SSSR count). The van der Waals surface area contributed by atoms with Gasteiger partial charge >= 0.3 is 0 Å². The zero-order valence-electron chi connectivity index (χ0n) is 6.81. The molecule has 0 aromatic heterocycles. The molecule has 0 aliphatic heterocycles. The molecule has 0 fully saturated rings. The van der Waals surface area contributed by atoms with Crippen molar-refractivity contribution in [2.45, 2.75) is 25.7 Å². The van der Waals surface area contributed by atoms with Crippen LogP contribution in [0.25, 0.3) is 0 Å². The Morgan fingerprint density at radius 2 is 1.92 bits per heavy atom. The van der Waals surface area contributed by atoms with Crippen molar-refractivity contribution in [2.24, 2.45) is 0 Å². The molecule has 0 saturated heterocycles. The molecule has 0 amide bonds. The predicted molar refractivity (Wildman–Crippen MR) is 52.4 cm³/mol. The molecule has 0 spiro atoms. The third kappa shape index (κ3) is 1.24. The summed E-state index contributed by atoms with van der Waals surface area (Å²) < 4.78 is 0.822. The molecule has 64 valence electrons. The molecule has 1 aliphatic rings. The Bertz CT molecular complexity index is 307. The van der Waals surface area contributed by atoms with Crippen molar-refractivity contribution in [3.8, 4) is 5.75 Å². The van der Waals surface area contributed by atoms with Gasteiger partial charge < -0.3 is 5.11 Å². The van der Waals surface area contributed by atoms with Gasteiger partial charge in [-0.3, -0.25) is 0 Å². The molecule has 1 nitrogen and oxygen atoms in total. The molecule has 0 unspecified atom stereocenters. The van der Waals surface area contributed by atoms with Crippen LogP contribution < -0.4 is 0 Å². The van der Waals surface area contributed by atoms with Gasteiger partial charge in [-0.1, -0.05) is 6.07 Å². The monoisotopic (exact) mass is 226 g/mol. The summed E-state index contributed by atoms with van der Waals surface area (Å²) in [7, 11) is 0. The summed E-state index contributed by atoms with van der Waals surface area (Å²) in [6, 6.07) is 4.04. The summed E-state index contributed by atoms with van der Waals surface area (Å²) in [6.45, 7) is 0. The van der Waals surface area contributed by atoms with Crippen molar-refractivity contribution >= 4 is 15.9 Å². The summed E-state index contributed by atoms with van der Waals surface area (Å²) >= 11 is 3.32. The minimum atomic E-state index is 0.451. The highest BCUT2D eigenvalue weighted by Crippen LogP contribution is 2.34. The fourth-order valence-corrected chi connectivity index (χ4v) is 2.15. The molecule has 1 N–H and O–H groups in total. The Morgan fingerprint density at radius 1 is 1.17 bits per heavy atom. The topological polar surface area (TPSA) is 20.2 Å². The van der Waals surface area contributed by atoms with Crippen molar-refractivity contribution in [1.82, 2.24) is 0 Å². The number of phenols is 1. The van der Waals surface area contributed by atoms with Crippen LogP contribution in [0.5, 0.6) is 5.75 Å². The number of halogens is 1. The lowest BCUT2D eigenvalue weighted by atomic mass is 9.91. The summed E-state index contributed by atoms with van der Waals surface area (Å²) in [5.74, 6) is 0.451. The highest BCUT2D eigenvalue weighted by atomic mass is 79.9. The SMILES string of the molecule is Oc1c(Br)ccc2c1CCCC2. The van der Waals surface area contributed by atoms with Crippen LogP contribution in [0, 0.1) is 0 Å². The Balaban J connectivity index is 2.54. The first-order chi connectivity index (χ1) is 5.79. The van der Waals surface area contributed by atoms with E-state index in [-0.39, 0.29) is 0 Å². The van der Waals surface area contributed by atoms with E-state index in [1.54, 1.807) is 0 Å². The number of rotatable bonds is 0. The Morgan fingerprint density at radius 3 is 2.75 bits per heavy atom. The van der Waals surface area contributed by atoms with Crippen LogP contribution in [0.3, 0.4) is 0 Å². The number of hydrogen-bond donors (Lipinski definition) is 1. The standard InChI is InChI=1S/C10H11BrO/c11-9-6-5-7-3-1-2-4-8(7)10(9)12/h5-6,12H,1-4H2. The normalized spacial score (nSPS) is 15.8. The van der Waals surface area contributed by atoms with Crippen molar-refractivity contribution in [2.75, 3.05) is 0 Å². The summed E-state index contributed by atoms with van der Waals surface area (Å²) in [4.78, 5) is 0. The average molecular weight is 227 g/mol. The Hall–Kier alpha value is -0.500. The van der Waals surface area contributed by atoms with Gasteiger partial charge in [0.25, 0.3) is 0 Å². The Kier molecular flexibility index (Phi) is 2.09. The predicted octanol–water partition coefficient (Wildman–Crippen LogP) is 3.03. The quantitative estimate of drug-likeness (QED) is 0.722. The number of phenolic OH excluding ortho intramolecular Hbond substituents is 1. The molecule has 0 heterocycles. The fraction of sp³-hybridized carbons (Fsp3) is 0.400. The molecule has 2 heteroatoms. The fourth-order valence-electron chi connectivity index (χ4n) is 1.78. The van der Waals surface area contributed by atoms with E-state index in [0.29, 0.717) is 5.75 Å². The highest BCUT2D eigenvalue weighted by Gasteiger charge is 2.14. The van der Waals surface area contributed by atoms with Crippen LogP contribution in [0.4, 0.5) is 0 Å². The molecular weight excluding hydrogens is 216 g/mol. The van der Waals surface area contributed by atoms with Gasteiger partial charge in [0.05, 0.1) is 4.47 Å². The van der Waals surface area contributed by atoms with E-state index < -0.39 is 0 Å². The van der Waals surface area contributed by atoms with Crippen LogP contribution in [0.15, 0.2) is 16.6 Å². The van der Waals surface area contributed by atoms with Gasteiger partial charge in [0, 0.05) is 0 Å². The summed E-state index contributed by atoms with van der Waals surface area (Å²) in [5, 5.41) is 9.70. The number of fused-ring (bicyclic) bond motifs is 1. The van der Waals surface area contributed by atoms with E-state index in [1.165, 1.54) is 18.4 Å². The zero-order valence-corrected chi connectivity index (χ0v) is 8.39. The van der Waals surface area contributed by atoms with Gasteiger partial charge in [0.1, 0.15) is 5.75 Å². The van der Waals surface area contributed by atoms with E-state index in [0.717, 1.165) is 22.9 Å². The minimum absolute atomic E-state index is 0.451. The second kappa shape index (κ2) is 3.09. The average Bonchev–Trinajstić information content (AvgIpc) is 2.12. The minimum Gasteiger partial charge on any atom is -0.506 e. The summed E-state index contributed by atoms with van der Waals surface area (Å²) in [5.41, 5.74) is 2.47. The molecule has 0 bridgehead atoms. The van der Waals surface area contributed by atoms with E-state index in [2.05, 4.69) is 22.0 Å². The number of aromatic hydroxyl groups is 1. The molecule has 0 radical (unpaired) electrons. The lowest BCUT2D eigenvalue weighted by Crippen LogP contribution is -2.02. The largest absolute Gasteiger partial charge is 0.506 e. The van der Waals surface area contributed by atoms with E-state index in [9.17, 15) is 5.11 Å². The van der Waals surface area contributed by atoms with Gasteiger partial charge in [-0.05, 0) is 58.8 Å². The second-order valence-corrected chi connectivity index (χ2v) is 4.10. The van der Waals surface area contributed by atoms with E-state index in [1.807, 2.05) is 6.07 Å². The van der Waals surface area contributed by atoms with Crippen molar-refractivity contribution < 1.29 is 5.11 Å². The molecule has 12 heavy (non-hydrogen) atoms. The van der Waals surface area contributed by atoms with E-state index in [4.69, 9.17) is 0 Å². The third-order valence-electron chi connectivity index (χ3n) is 2.45. The van der Waals surface area contributed by atoms with Gasteiger partial charge in [-0.2, -0.15) is 0 Å². The van der Waals surface area contributed by atoms with Gasteiger partial charge in [-0.25, -0.2) is 0 Å². The maximum absolute atomic E-state index is 9.70. The number of hydrogen-bond acceptors (Lipinski definition) is 1. The molecule has 0 atom stereocenters. The van der Waals surface area contributed by atoms with Gasteiger partial charge in [-0.15, -0.1) is 0 Å². The molecule has 0 saturated carbocycles. The van der Waals surface area contributed by atoms with Crippen molar-refractivity contribution in [3.63, 3.8) is 0 Å².